The second-order valence-corrected chi connectivity index (χ2v) is 4.70. The molecule has 1 saturated carbocycles. The Morgan fingerprint density at radius 1 is 1.27 bits per heavy atom. The molecule has 82 valence electrons. The normalized spacial score (nSPS) is 29.1. The van der Waals surface area contributed by atoms with Crippen LogP contribution < -0.4 is 5.73 Å². The molecule has 2 N–H and O–H groups in total. The zero-order chi connectivity index (χ0) is 10.9. The average Bonchev–Trinajstić information content (AvgIpc) is 3.04. The Labute approximate surface area is 92.7 Å². The van der Waals surface area contributed by atoms with Gasteiger partial charge in [-0.15, -0.1) is 0 Å². The van der Waals surface area contributed by atoms with Crippen molar-refractivity contribution >= 4 is 0 Å². The molecular weight excluding hydrogens is 182 g/mol. The summed E-state index contributed by atoms with van der Waals surface area (Å²) in [5.74, 6) is 0.718. The summed E-state index contributed by atoms with van der Waals surface area (Å²) in [7, 11) is 0. The van der Waals surface area contributed by atoms with Crippen molar-refractivity contribution in [1.29, 1.82) is 0 Å². The fourth-order valence-electron chi connectivity index (χ4n) is 2.75. The first-order chi connectivity index (χ1) is 7.26. The van der Waals surface area contributed by atoms with E-state index in [4.69, 9.17) is 5.73 Å². The molecule has 2 atom stereocenters. The van der Waals surface area contributed by atoms with Gasteiger partial charge in [0.2, 0.25) is 0 Å². The van der Waals surface area contributed by atoms with Gasteiger partial charge in [0, 0.05) is 0 Å². The van der Waals surface area contributed by atoms with Gasteiger partial charge in [-0.1, -0.05) is 38.1 Å². The molecule has 0 amide bonds. The number of nitrogens with two attached hydrogens (primary N) is 1. The van der Waals surface area contributed by atoms with Crippen LogP contribution in [0.25, 0.3) is 0 Å². The lowest BCUT2D eigenvalue weighted by Gasteiger charge is -2.15. The van der Waals surface area contributed by atoms with Crippen molar-refractivity contribution in [2.75, 3.05) is 6.54 Å². The largest absolute Gasteiger partial charge is 0.330 e. The van der Waals surface area contributed by atoms with E-state index in [1.54, 1.807) is 0 Å². The van der Waals surface area contributed by atoms with Crippen LogP contribution in [0.4, 0.5) is 0 Å². The van der Waals surface area contributed by atoms with Gasteiger partial charge in [0.1, 0.15) is 0 Å². The van der Waals surface area contributed by atoms with Gasteiger partial charge < -0.3 is 5.73 Å². The van der Waals surface area contributed by atoms with Crippen molar-refractivity contribution in [3.05, 3.63) is 35.4 Å². The fourth-order valence-corrected chi connectivity index (χ4v) is 2.75. The van der Waals surface area contributed by atoms with Crippen LogP contribution in [0.15, 0.2) is 24.3 Å². The Morgan fingerprint density at radius 2 is 1.93 bits per heavy atom. The SMILES string of the molecule is CCc1ccc(C2(CC)CC2CN)cc1. The molecule has 1 nitrogen and oxygen atoms in total. The fraction of sp³-hybridized carbons (Fsp3) is 0.571. The molecule has 1 fully saturated rings. The average molecular weight is 203 g/mol. The highest BCUT2D eigenvalue weighted by Crippen LogP contribution is 2.56. The van der Waals surface area contributed by atoms with E-state index in [-0.39, 0.29) is 0 Å². The summed E-state index contributed by atoms with van der Waals surface area (Å²) >= 11 is 0. The Bertz CT molecular complexity index is 328. The summed E-state index contributed by atoms with van der Waals surface area (Å²) in [6, 6.07) is 9.13. The number of aryl methyl sites for hydroxylation is 1. The molecule has 1 aliphatic carbocycles. The third kappa shape index (κ3) is 1.69. The van der Waals surface area contributed by atoms with Gasteiger partial charge in [0.25, 0.3) is 0 Å². The van der Waals surface area contributed by atoms with Crippen LogP contribution in [0.5, 0.6) is 0 Å². The van der Waals surface area contributed by atoms with Gasteiger partial charge in [-0.25, -0.2) is 0 Å². The molecule has 1 heteroatoms. The number of hydrogen-bond acceptors (Lipinski definition) is 1. The summed E-state index contributed by atoms with van der Waals surface area (Å²) in [6.07, 6.45) is 3.63. The zero-order valence-corrected chi connectivity index (χ0v) is 9.79. The van der Waals surface area contributed by atoms with Crippen molar-refractivity contribution in [3.8, 4) is 0 Å². The third-order valence-electron chi connectivity index (χ3n) is 4.08. The lowest BCUT2D eigenvalue weighted by atomic mass is 9.90. The van der Waals surface area contributed by atoms with Crippen molar-refractivity contribution in [2.24, 2.45) is 11.7 Å². The molecule has 0 heterocycles. The van der Waals surface area contributed by atoms with Crippen LogP contribution in [0.1, 0.15) is 37.8 Å². The monoisotopic (exact) mass is 203 g/mol. The molecule has 1 aliphatic rings. The van der Waals surface area contributed by atoms with Crippen molar-refractivity contribution in [3.63, 3.8) is 0 Å². The molecule has 1 aromatic carbocycles. The van der Waals surface area contributed by atoms with Crippen LogP contribution in [-0.2, 0) is 11.8 Å². The van der Waals surface area contributed by atoms with Crippen LogP contribution in [0, 0.1) is 5.92 Å². The summed E-state index contributed by atoms with van der Waals surface area (Å²) < 4.78 is 0. The minimum atomic E-state index is 0.418. The molecular formula is C14H21N. The lowest BCUT2D eigenvalue weighted by Crippen LogP contribution is -2.14. The first kappa shape index (κ1) is 10.7. The van der Waals surface area contributed by atoms with E-state index in [1.165, 1.54) is 24.0 Å². The second-order valence-electron chi connectivity index (χ2n) is 4.70. The number of rotatable bonds is 4. The maximum absolute atomic E-state index is 5.78. The second kappa shape index (κ2) is 3.97. The highest BCUT2D eigenvalue weighted by Gasteiger charge is 2.52. The highest BCUT2D eigenvalue weighted by atomic mass is 14.7. The molecule has 15 heavy (non-hydrogen) atoms. The van der Waals surface area contributed by atoms with Crippen LogP contribution in [0.2, 0.25) is 0 Å². The molecule has 2 unspecified atom stereocenters. The van der Waals surface area contributed by atoms with E-state index in [2.05, 4.69) is 38.1 Å². The third-order valence-corrected chi connectivity index (χ3v) is 4.08. The minimum Gasteiger partial charge on any atom is -0.330 e. The molecule has 2 rings (SSSR count). The molecule has 0 radical (unpaired) electrons. The Balaban J connectivity index is 2.22. The maximum Gasteiger partial charge on any atom is -0.000562 e. The quantitative estimate of drug-likeness (QED) is 0.800. The molecule has 0 spiro atoms. The van der Waals surface area contributed by atoms with Crippen molar-refractivity contribution in [2.45, 2.75) is 38.5 Å². The Morgan fingerprint density at radius 3 is 2.33 bits per heavy atom. The Hall–Kier alpha value is -0.820. The molecule has 0 aromatic heterocycles. The highest BCUT2D eigenvalue weighted by molar-refractivity contribution is 5.35. The minimum absolute atomic E-state index is 0.418. The maximum atomic E-state index is 5.78. The number of benzene rings is 1. The van der Waals surface area contributed by atoms with E-state index in [0.717, 1.165) is 18.9 Å². The molecule has 0 saturated heterocycles. The summed E-state index contributed by atoms with van der Waals surface area (Å²) in [5, 5.41) is 0. The van der Waals surface area contributed by atoms with Gasteiger partial charge in [0.05, 0.1) is 0 Å². The van der Waals surface area contributed by atoms with Crippen molar-refractivity contribution < 1.29 is 0 Å². The van der Waals surface area contributed by atoms with Gasteiger partial charge in [0.15, 0.2) is 0 Å². The molecule has 0 aliphatic heterocycles. The van der Waals surface area contributed by atoms with E-state index in [0.29, 0.717) is 5.41 Å². The summed E-state index contributed by atoms with van der Waals surface area (Å²) in [4.78, 5) is 0. The molecule has 1 aromatic rings. The van der Waals surface area contributed by atoms with Gasteiger partial charge >= 0.3 is 0 Å². The van der Waals surface area contributed by atoms with E-state index in [1.807, 2.05) is 0 Å². The predicted octanol–water partition coefficient (Wildman–Crippen LogP) is 2.88. The summed E-state index contributed by atoms with van der Waals surface area (Å²) in [6.45, 7) is 5.32. The zero-order valence-electron chi connectivity index (χ0n) is 9.79. The van der Waals surface area contributed by atoms with Crippen LogP contribution in [-0.4, -0.2) is 6.54 Å². The van der Waals surface area contributed by atoms with E-state index < -0.39 is 0 Å². The van der Waals surface area contributed by atoms with Crippen molar-refractivity contribution in [1.82, 2.24) is 0 Å². The van der Waals surface area contributed by atoms with Crippen LogP contribution >= 0.6 is 0 Å². The molecule has 0 bridgehead atoms. The lowest BCUT2D eigenvalue weighted by molar-refractivity contribution is 0.587. The summed E-state index contributed by atoms with van der Waals surface area (Å²) in [5.41, 5.74) is 9.12. The van der Waals surface area contributed by atoms with Gasteiger partial charge in [-0.2, -0.15) is 0 Å². The van der Waals surface area contributed by atoms with Crippen LogP contribution in [0.3, 0.4) is 0 Å². The first-order valence-corrected chi connectivity index (χ1v) is 6.06. The van der Waals surface area contributed by atoms with E-state index >= 15 is 0 Å². The Kier molecular flexibility index (Phi) is 2.83. The predicted molar refractivity (Wildman–Crippen MR) is 65.0 cm³/mol. The topological polar surface area (TPSA) is 26.0 Å². The first-order valence-electron chi connectivity index (χ1n) is 6.06. The van der Waals surface area contributed by atoms with Gasteiger partial charge in [-0.3, -0.25) is 0 Å². The smallest absolute Gasteiger partial charge is 0.000562 e. The standard InChI is InChI=1S/C14H21N/c1-3-11-5-7-12(8-6-11)14(4-2)9-13(14)10-15/h5-8,13H,3-4,9-10,15H2,1-2H3. The number of hydrogen-bond donors (Lipinski definition) is 1. The van der Waals surface area contributed by atoms with E-state index in [9.17, 15) is 0 Å². The van der Waals surface area contributed by atoms with Gasteiger partial charge in [-0.05, 0) is 48.3 Å².